The molecular formula is C22H26ClN3O4S. The SMILES string of the molecule is CC(C)S(=N)(=O)Cc1ccc(C(=O)NC2CCC(c3nc4cc(Cl)ccc4o3)CC2)o1. The molecule has 7 nitrogen and oxygen atoms in total. The van der Waals surface area contributed by atoms with Crippen molar-refractivity contribution >= 4 is 38.3 Å². The van der Waals surface area contributed by atoms with Crippen LogP contribution in [0, 0.1) is 4.78 Å². The Balaban J connectivity index is 1.33. The van der Waals surface area contributed by atoms with Crippen LogP contribution in [0.1, 0.15) is 67.7 Å². The highest BCUT2D eigenvalue weighted by atomic mass is 35.5. The van der Waals surface area contributed by atoms with Gasteiger partial charge in [0, 0.05) is 22.2 Å². The Morgan fingerprint density at radius 2 is 1.97 bits per heavy atom. The first kappa shape index (κ1) is 21.9. The molecule has 1 aliphatic carbocycles. The molecule has 1 aromatic carbocycles. The van der Waals surface area contributed by atoms with Gasteiger partial charge in [-0.1, -0.05) is 25.4 Å². The van der Waals surface area contributed by atoms with Gasteiger partial charge < -0.3 is 14.2 Å². The van der Waals surface area contributed by atoms with Gasteiger partial charge in [-0.15, -0.1) is 0 Å². The number of nitrogens with zero attached hydrogens (tertiary/aromatic N) is 1. The van der Waals surface area contributed by atoms with Gasteiger partial charge in [0.15, 0.2) is 17.2 Å². The van der Waals surface area contributed by atoms with E-state index >= 15 is 0 Å². The Labute approximate surface area is 186 Å². The maximum absolute atomic E-state index is 12.6. The summed E-state index contributed by atoms with van der Waals surface area (Å²) in [6, 6.07) is 8.67. The number of halogens is 1. The van der Waals surface area contributed by atoms with Crippen molar-refractivity contribution in [3.8, 4) is 0 Å². The number of carbonyl (C=O) groups is 1. The van der Waals surface area contributed by atoms with E-state index < -0.39 is 9.73 Å². The summed E-state index contributed by atoms with van der Waals surface area (Å²) >= 11 is 6.03. The Kier molecular flexibility index (Phi) is 6.12. The van der Waals surface area contributed by atoms with Crippen LogP contribution in [0.2, 0.25) is 5.02 Å². The molecule has 31 heavy (non-hydrogen) atoms. The molecule has 0 aliphatic heterocycles. The molecule has 4 rings (SSSR count). The molecule has 0 bridgehead atoms. The summed E-state index contributed by atoms with van der Waals surface area (Å²) in [5.41, 5.74) is 1.50. The average molecular weight is 464 g/mol. The first-order valence-corrected chi connectivity index (χ1v) is 12.6. The summed E-state index contributed by atoms with van der Waals surface area (Å²) in [6.45, 7) is 3.50. The van der Waals surface area contributed by atoms with Crippen LogP contribution >= 0.6 is 11.6 Å². The van der Waals surface area contributed by atoms with Crippen LogP contribution in [0.4, 0.5) is 0 Å². The van der Waals surface area contributed by atoms with E-state index in [0.717, 1.165) is 42.7 Å². The van der Waals surface area contributed by atoms with Crippen molar-refractivity contribution in [2.24, 2.45) is 0 Å². The summed E-state index contributed by atoms with van der Waals surface area (Å²) in [4.78, 5) is 17.1. The van der Waals surface area contributed by atoms with Crippen LogP contribution in [-0.2, 0) is 15.5 Å². The fourth-order valence-electron chi connectivity index (χ4n) is 3.79. The molecule has 1 amide bonds. The summed E-state index contributed by atoms with van der Waals surface area (Å²) in [5.74, 6) is 1.26. The summed E-state index contributed by atoms with van der Waals surface area (Å²) in [6.07, 6.45) is 3.36. The highest BCUT2D eigenvalue weighted by Crippen LogP contribution is 2.34. The molecule has 166 valence electrons. The quantitative estimate of drug-likeness (QED) is 0.502. The zero-order valence-electron chi connectivity index (χ0n) is 17.5. The van der Waals surface area contributed by atoms with Gasteiger partial charge >= 0.3 is 0 Å². The fourth-order valence-corrected chi connectivity index (χ4v) is 4.87. The third-order valence-electron chi connectivity index (χ3n) is 5.78. The molecule has 2 aromatic heterocycles. The number of fused-ring (bicyclic) bond motifs is 1. The lowest BCUT2D eigenvalue weighted by molar-refractivity contribution is 0.0895. The standard InChI is InChI=1S/C22H26ClN3O4S/c1-13(2)31(24,28)12-17-8-10-20(29-17)21(27)25-16-6-3-14(4-7-16)22-26-18-11-15(23)5-9-19(18)30-22/h5,8-11,13-14,16,24H,3-4,6-7,12H2,1-2H3,(H,25,27). The van der Waals surface area contributed by atoms with Crippen molar-refractivity contribution in [1.82, 2.24) is 10.3 Å². The maximum atomic E-state index is 12.6. The minimum Gasteiger partial charge on any atom is -0.455 e. The molecule has 1 fully saturated rings. The van der Waals surface area contributed by atoms with Gasteiger partial charge in [-0.2, -0.15) is 0 Å². The van der Waals surface area contributed by atoms with E-state index in [9.17, 15) is 9.00 Å². The van der Waals surface area contributed by atoms with E-state index in [1.165, 1.54) is 0 Å². The third-order valence-corrected chi connectivity index (χ3v) is 8.25. The largest absolute Gasteiger partial charge is 0.455 e. The topological polar surface area (TPSA) is 109 Å². The van der Waals surface area contributed by atoms with E-state index in [1.807, 2.05) is 6.07 Å². The number of nitrogens with one attached hydrogen (secondary N) is 2. The minimum atomic E-state index is -2.78. The highest BCUT2D eigenvalue weighted by Gasteiger charge is 2.28. The van der Waals surface area contributed by atoms with Gasteiger partial charge in [0.05, 0.1) is 15.5 Å². The van der Waals surface area contributed by atoms with Crippen molar-refractivity contribution in [2.45, 2.75) is 62.5 Å². The predicted octanol–water partition coefficient (Wildman–Crippen LogP) is 5.49. The number of hydrogen-bond donors (Lipinski definition) is 2. The average Bonchev–Trinajstić information content (AvgIpc) is 3.34. The van der Waals surface area contributed by atoms with Crippen LogP contribution in [-0.4, -0.2) is 26.4 Å². The second kappa shape index (κ2) is 8.67. The molecule has 1 saturated carbocycles. The van der Waals surface area contributed by atoms with Crippen LogP contribution in [0.3, 0.4) is 0 Å². The Morgan fingerprint density at radius 1 is 1.23 bits per heavy atom. The molecular weight excluding hydrogens is 438 g/mol. The van der Waals surface area contributed by atoms with Crippen LogP contribution < -0.4 is 5.32 Å². The van der Waals surface area contributed by atoms with E-state index in [0.29, 0.717) is 10.8 Å². The summed E-state index contributed by atoms with van der Waals surface area (Å²) < 4.78 is 31.6. The number of benzene rings is 1. The number of rotatable bonds is 6. The number of carbonyl (C=O) groups excluding carboxylic acids is 1. The smallest absolute Gasteiger partial charge is 0.287 e. The normalized spacial score (nSPS) is 21.3. The number of oxazole rings is 1. The van der Waals surface area contributed by atoms with Crippen molar-refractivity contribution in [3.05, 3.63) is 52.8 Å². The van der Waals surface area contributed by atoms with Gasteiger partial charge in [0.25, 0.3) is 5.91 Å². The summed E-state index contributed by atoms with van der Waals surface area (Å²) in [7, 11) is -2.78. The number of amides is 1. The highest BCUT2D eigenvalue weighted by molar-refractivity contribution is 7.92. The Hall–Kier alpha value is -2.32. The number of aromatic nitrogens is 1. The molecule has 0 saturated heterocycles. The van der Waals surface area contributed by atoms with E-state index in [4.69, 9.17) is 25.2 Å². The Bertz CT molecular complexity index is 1190. The molecule has 1 atom stereocenters. The second-order valence-corrected chi connectivity index (χ2v) is 11.5. The lowest BCUT2D eigenvalue weighted by atomic mass is 9.86. The number of furan rings is 1. The molecule has 2 N–H and O–H groups in total. The first-order chi connectivity index (χ1) is 14.7. The van der Waals surface area contributed by atoms with Gasteiger partial charge in [-0.3, -0.25) is 9.57 Å². The molecule has 1 aliphatic rings. The zero-order chi connectivity index (χ0) is 22.2. The lowest BCUT2D eigenvalue weighted by Gasteiger charge is -2.27. The van der Waals surface area contributed by atoms with Gasteiger partial charge in [-0.25, -0.2) is 9.19 Å². The molecule has 9 heteroatoms. The van der Waals surface area contributed by atoms with Crippen molar-refractivity contribution in [1.29, 1.82) is 4.78 Å². The predicted molar refractivity (Wildman–Crippen MR) is 120 cm³/mol. The van der Waals surface area contributed by atoms with Crippen molar-refractivity contribution in [2.75, 3.05) is 0 Å². The maximum Gasteiger partial charge on any atom is 0.287 e. The van der Waals surface area contributed by atoms with Crippen LogP contribution in [0.5, 0.6) is 0 Å². The minimum absolute atomic E-state index is 0.0127. The summed E-state index contributed by atoms with van der Waals surface area (Å²) in [5, 5.41) is 3.38. The van der Waals surface area contributed by atoms with Crippen molar-refractivity contribution < 1.29 is 17.8 Å². The number of hydrogen-bond acceptors (Lipinski definition) is 6. The van der Waals surface area contributed by atoms with Crippen LogP contribution in [0.15, 0.2) is 39.2 Å². The van der Waals surface area contributed by atoms with Crippen molar-refractivity contribution in [3.63, 3.8) is 0 Å². The monoisotopic (exact) mass is 463 g/mol. The molecule has 2 heterocycles. The molecule has 0 spiro atoms. The first-order valence-electron chi connectivity index (χ1n) is 10.4. The molecule has 0 radical (unpaired) electrons. The van der Waals surface area contributed by atoms with Gasteiger partial charge in [0.1, 0.15) is 11.3 Å². The molecule has 1 unspecified atom stereocenters. The van der Waals surface area contributed by atoms with Gasteiger partial charge in [0.2, 0.25) is 0 Å². The Morgan fingerprint density at radius 3 is 2.68 bits per heavy atom. The van der Waals surface area contributed by atoms with E-state index in [2.05, 4.69) is 10.3 Å². The lowest BCUT2D eigenvalue weighted by Crippen LogP contribution is -2.37. The van der Waals surface area contributed by atoms with Crippen LogP contribution in [0.25, 0.3) is 11.1 Å². The third kappa shape index (κ3) is 4.96. The van der Waals surface area contributed by atoms with E-state index in [-0.39, 0.29) is 34.6 Å². The second-order valence-electron chi connectivity index (χ2n) is 8.37. The fraction of sp³-hybridized carbons (Fsp3) is 0.455. The molecule has 3 aromatic rings. The van der Waals surface area contributed by atoms with E-state index in [1.54, 1.807) is 38.1 Å². The van der Waals surface area contributed by atoms with Gasteiger partial charge in [-0.05, 0) is 56.0 Å². The zero-order valence-corrected chi connectivity index (χ0v) is 19.1.